The van der Waals surface area contributed by atoms with Crippen LogP contribution in [0.1, 0.15) is 31.7 Å². The van der Waals surface area contributed by atoms with Gasteiger partial charge in [0, 0.05) is 10.6 Å². The fraction of sp³-hybridized carbons (Fsp3) is 0.143. The number of ketones is 1. The number of hydrogen-bond donors (Lipinski definition) is 1. The first-order valence-electron chi connectivity index (χ1n) is 8.44. The van der Waals surface area contributed by atoms with Crippen molar-refractivity contribution in [2.24, 2.45) is 0 Å². The van der Waals surface area contributed by atoms with Crippen molar-refractivity contribution >= 4 is 40.1 Å². The Morgan fingerprint density at radius 1 is 1.04 bits per heavy atom. The van der Waals surface area contributed by atoms with Gasteiger partial charge >= 0.3 is 0 Å². The van der Waals surface area contributed by atoms with E-state index in [-0.39, 0.29) is 11.4 Å². The van der Waals surface area contributed by atoms with Crippen molar-refractivity contribution in [3.05, 3.63) is 85.4 Å². The summed E-state index contributed by atoms with van der Waals surface area (Å²) in [6.45, 7) is 3.98. The number of aliphatic hydroxyl groups excluding tert-OH is 1. The molecule has 6 heteroatoms. The summed E-state index contributed by atoms with van der Waals surface area (Å²) in [6, 6.07) is 12.3. The van der Waals surface area contributed by atoms with Crippen LogP contribution in [0.4, 0.5) is 5.69 Å². The van der Waals surface area contributed by atoms with Gasteiger partial charge in [0.15, 0.2) is 5.76 Å². The lowest BCUT2D eigenvalue weighted by Crippen LogP contribution is -2.30. The van der Waals surface area contributed by atoms with Crippen molar-refractivity contribution in [3.8, 4) is 0 Å². The van der Waals surface area contributed by atoms with E-state index >= 15 is 0 Å². The topological polar surface area (TPSA) is 57.6 Å². The Balaban J connectivity index is 1.87. The van der Waals surface area contributed by atoms with Gasteiger partial charge in [0.1, 0.15) is 6.04 Å². The Hall–Kier alpha value is -2.70. The van der Waals surface area contributed by atoms with Crippen LogP contribution in [-0.2, 0) is 4.79 Å². The van der Waals surface area contributed by atoms with E-state index in [1.807, 2.05) is 54.9 Å². The predicted octanol–water partition coefficient (Wildman–Crippen LogP) is 5.21. The number of thiophene rings is 2. The molecule has 3 aromatic rings. The second-order valence-electron chi connectivity index (χ2n) is 6.43. The van der Waals surface area contributed by atoms with Gasteiger partial charge in [-0.25, -0.2) is 0 Å². The molecule has 0 saturated heterocycles. The number of anilines is 1. The first kappa shape index (κ1) is 17.7. The van der Waals surface area contributed by atoms with E-state index < -0.39 is 17.7 Å². The summed E-state index contributed by atoms with van der Waals surface area (Å²) in [5, 5.41) is 14.3. The van der Waals surface area contributed by atoms with Crippen LogP contribution >= 0.6 is 22.7 Å². The number of aliphatic hydroxyl groups is 1. The summed E-state index contributed by atoms with van der Waals surface area (Å²) in [5.74, 6) is -1.32. The molecule has 1 aliphatic heterocycles. The molecule has 1 N–H and O–H groups in total. The minimum Gasteiger partial charge on any atom is -0.503 e. The third-order valence-electron chi connectivity index (χ3n) is 4.78. The minimum atomic E-state index is -0.630. The van der Waals surface area contributed by atoms with Gasteiger partial charge in [-0.1, -0.05) is 18.2 Å². The summed E-state index contributed by atoms with van der Waals surface area (Å²) in [4.78, 5) is 28.9. The van der Waals surface area contributed by atoms with Crippen LogP contribution < -0.4 is 4.90 Å². The Kier molecular flexibility index (Phi) is 4.45. The largest absolute Gasteiger partial charge is 0.503 e. The van der Waals surface area contributed by atoms with Gasteiger partial charge in [-0.05, 0) is 60.0 Å². The van der Waals surface area contributed by atoms with Gasteiger partial charge in [-0.15, -0.1) is 22.7 Å². The maximum Gasteiger partial charge on any atom is 0.294 e. The van der Waals surface area contributed by atoms with E-state index in [9.17, 15) is 14.7 Å². The molecule has 1 amide bonds. The zero-order valence-corrected chi connectivity index (χ0v) is 16.4. The van der Waals surface area contributed by atoms with Crippen LogP contribution in [0.25, 0.3) is 0 Å². The van der Waals surface area contributed by atoms with E-state index in [1.165, 1.54) is 27.6 Å². The first-order valence-corrected chi connectivity index (χ1v) is 10.2. The van der Waals surface area contributed by atoms with E-state index in [1.54, 1.807) is 12.1 Å². The third kappa shape index (κ3) is 2.91. The number of hydrogen-bond acceptors (Lipinski definition) is 5. The van der Waals surface area contributed by atoms with Crippen LogP contribution in [0.2, 0.25) is 0 Å². The smallest absolute Gasteiger partial charge is 0.294 e. The van der Waals surface area contributed by atoms with E-state index in [0.29, 0.717) is 10.6 Å². The molecular weight excluding hydrogens is 378 g/mol. The lowest BCUT2D eigenvalue weighted by molar-refractivity contribution is -0.117. The zero-order chi connectivity index (χ0) is 19.1. The Labute approximate surface area is 165 Å². The Bertz CT molecular complexity index is 1050. The van der Waals surface area contributed by atoms with Gasteiger partial charge in [0.05, 0.1) is 10.5 Å². The van der Waals surface area contributed by atoms with Crippen molar-refractivity contribution < 1.29 is 14.7 Å². The number of nitrogens with zero attached hydrogens (tertiary/aromatic N) is 1. The van der Waals surface area contributed by atoms with Gasteiger partial charge in [-0.2, -0.15) is 0 Å². The molecule has 0 fully saturated rings. The molecule has 4 nitrogen and oxygen atoms in total. The van der Waals surface area contributed by atoms with Crippen LogP contribution in [0.3, 0.4) is 0 Å². The number of rotatable bonds is 4. The predicted molar refractivity (Wildman–Crippen MR) is 109 cm³/mol. The molecule has 0 spiro atoms. The second kappa shape index (κ2) is 6.79. The molecule has 4 rings (SSSR count). The second-order valence-corrected chi connectivity index (χ2v) is 8.36. The summed E-state index contributed by atoms with van der Waals surface area (Å²) in [6.07, 6.45) is 0. The average molecular weight is 396 g/mol. The zero-order valence-electron chi connectivity index (χ0n) is 14.8. The fourth-order valence-electron chi connectivity index (χ4n) is 3.24. The third-order valence-corrected chi connectivity index (χ3v) is 6.57. The highest BCUT2D eigenvalue weighted by atomic mass is 32.1. The number of benzene rings is 1. The number of Topliss-reactive ketones (excluding diaryl/α,β-unsaturated/α-hetero) is 1. The van der Waals surface area contributed by atoms with Gasteiger partial charge < -0.3 is 5.11 Å². The summed E-state index contributed by atoms with van der Waals surface area (Å²) in [7, 11) is 0. The standard InChI is InChI=1S/C21H17NO3S2/c1-12-7-8-14(11-13(12)2)22-18(15-5-3-9-26-15)17(20(24)21(22)25)19(23)16-6-4-10-27-16/h3-11,18,24H,1-2H3. The van der Waals surface area contributed by atoms with Crippen LogP contribution in [0, 0.1) is 13.8 Å². The SMILES string of the molecule is Cc1ccc(N2C(=O)C(O)=C(C(=O)c3cccs3)C2c2cccs2)cc1C. The quantitative estimate of drug-likeness (QED) is 0.617. The Morgan fingerprint density at radius 2 is 1.78 bits per heavy atom. The molecular formula is C21H17NO3S2. The van der Waals surface area contributed by atoms with Crippen molar-refractivity contribution in [1.82, 2.24) is 0 Å². The fourth-order valence-corrected chi connectivity index (χ4v) is 4.74. The summed E-state index contributed by atoms with van der Waals surface area (Å²) >= 11 is 2.76. The van der Waals surface area contributed by atoms with Crippen LogP contribution in [0.15, 0.2) is 64.6 Å². The maximum absolute atomic E-state index is 13.1. The van der Waals surface area contributed by atoms with Crippen LogP contribution in [0.5, 0.6) is 0 Å². The summed E-state index contributed by atoms with van der Waals surface area (Å²) in [5.41, 5.74) is 2.97. The lowest BCUT2D eigenvalue weighted by Gasteiger charge is -2.26. The molecule has 0 radical (unpaired) electrons. The number of aryl methyl sites for hydroxylation is 2. The molecule has 27 heavy (non-hydrogen) atoms. The van der Waals surface area contributed by atoms with E-state index in [2.05, 4.69) is 0 Å². The molecule has 2 aromatic heterocycles. The van der Waals surface area contributed by atoms with Crippen molar-refractivity contribution in [2.75, 3.05) is 4.90 Å². The van der Waals surface area contributed by atoms with Crippen molar-refractivity contribution in [1.29, 1.82) is 0 Å². The Morgan fingerprint density at radius 3 is 2.41 bits per heavy atom. The van der Waals surface area contributed by atoms with Gasteiger partial charge in [-0.3, -0.25) is 14.5 Å². The van der Waals surface area contributed by atoms with Crippen molar-refractivity contribution in [3.63, 3.8) is 0 Å². The monoisotopic (exact) mass is 395 g/mol. The van der Waals surface area contributed by atoms with Gasteiger partial charge in [0.25, 0.3) is 5.91 Å². The molecule has 3 heterocycles. The molecule has 0 saturated carbocycles. The maximum atomic E-state index is 13.1. The number of amides is 1. The average Bonchev–Trinajstić information content (AvgIpc) is 3.39. The molecule has 1 unspecified atom stereocenters. The van der Waals surface area contributed by atoms with Crippen LogP contribution in [-0.4, -0.2) is 16.8 Å². The highest BCUT2D eigenvalue weighted by Gasteiger charge is 2.45. The number of carbonyl (C=O) groups excluding carboxylic acids is 2. The molecule has 1 atom stereocenters. The molecule has 1 aliphatic rings. The normalized spacial score (nSPS) is 17.0. The lowest BCUT2D eigenvalue weighted by atomic mass is 10.00. The van der Waals surface area contributed by atoms with E-state index in [0.717, 1.165) is 16.0 Å². The molecule has 136 valence electrons. The first-order chi connectivity index (χ1) is 13.0. The summed E-state index contributed by atoms with van der Waals surface area (Å²) < 4.78 is 0. The number of carbonyl (C=O) groups is 2. The molecule has 0 bridgehead atoms. The van der Waals surface area contributed by atoms with Gasteiger partial charge in [0.2, 0.25) is 5.78 Å². The van der Waals surface area contributed by atoms with E-state index in [4.69, 9.17) is 0 Å². The van der Waals surface area contributed by atoms with Crippen molar-refractivity contribution in [2.45, 2.75) is 19.9 Å². The minimum absolute atomic E-state index is 0.142. The molecule has 1 aromatic carbocycles. The molecule has 0 aliphatic carbocycles. The highest BCUT2D eigenvalue weighted by molar-refractivity contribution is 7.12. The highest BCUT2D eigenvalue weighted by Crippen LogP contribution is 2.43.